The van der Waals surface area contributed by atoms with Gasteiger partial charge in [0, 0.05) is 15.4 Å². The molecule has 0 radical (unpaired) electrons. The molecule has 0 spiro atoms. The number of hydrogen-bond donors (Lipinski definition) is 1. The Morgan fingerprint density at radius 1 is 1.16 bits per heavy atom. The summed E-state index contributed by atoms with van der Waals surface area (Å²) in [6.45, 7) is 1.95. The Morgan fingerprint density at radius 2 is 1.89 bits per heavy atom. The molecule has 4 heteroatoms. The summed E-state index contributed by atoms with van der Waals surface area (Å²) in [5, 5.41) is 10.3. The van der Waals surface area contributed by atoms with E-state index < -0.39 is 6.10 Å². The molecule has 2 aromatic rings. The van der Waals surface area contributed by atoms with E-state index in [-0.39, 0.29) is 5.82 Å². The molecule has 0 aliphatic rings. The van der Waals surface area contributed by atoms with Crippen LogP contribution in [0.3, 0.4) is 0 Å². The molecule has 100 valence electrons. The average Bonchev–Trinajstić information content (AvgIpc) is 2.36. The highest BCUT2D eigenvalue weighted by molar-refractivity contribution is 9.10. The summed E-state index contributed by atoms with van der Waals surface area (Å²) in [7, 11) is 0. The molecule has 2 aromatic carbocycles. The topological polar surface area (TPSA) is 20.2 Å². The smallest absolute Gasteiger partial charge is 0.123 e. The Hall–Kier alpha value is -0.710. The molecule has 0 aliphatic carbocycles. The number of hydrogen-bond acceptors (Lipinski definition) is 1. The van der Waals surface area contributed by atoms with Crippen molar-refractivity contribution >= 4 is 31.9 Å². The second kappa shape index (κ2) is 6.16. The summed E-state index contributed by atoms with van der Waals surface area (Å²) >= 11 is 6.77. The minimum absolute atomic E-state index is 0.295. The first-order chi connectivity index (χ1) is 8.97. The van der Waals surface area contributed by atoms with Crippen molar-refractivity contribution in [1.29, 1.82) is 0 Å². The Balaban J connectivity index is 2.27. The van der Waals surface area contributed by atoms with Gasteiger partial charge in [-0.05, 0) is 53.9 Å². The van der Waals surface area contributed by atoms with Crippen molar-refractivity contribution in [3.63, 3.8) is 0 Å². The van der Waals surface area contributed by atoms with Gasteiger partial charge in [0.15, 0.2) is 0 Å². The molecule has 0 aliphatic heterocycles. The minimum Gasteiger partial charge on any atom is -0.388 e. The first-order valence-electron chi connectivity index (χ1n) is 5.85. The highest BCUT2D eigenvalue weighted by atomic mass is 79.9. The Kier molecular flexibility index (Phi) is 4.76. The summed E-state index contributed by atoms with van der Waals surface area (Å²) in [4.78, 5) is 0. The Labute approximate surface area is 128 Å². The number of rotatable bonds is 3. The van der Waals surface area contributed by atoms with Gasteiger partial charge >= 0.3 is 0 Å². The highest BCUT2D eigenvalue weighted by Gasteiger charge is 2.14. The van der Waals surface area contributed by atoms with Gasteiger partial charge in [0.05, 0.1) is 6.10 Å². The fourth-order valence-corrected chi connectivity index (χ4v) is 2.78. The van der Waals surface area contributed by atoms with Crippen molar-refractivity contribution in [3.05, 3.63) is 67.9 Å². The SMILES string of the molecule is Cc1ccc(Br)cc1C(O)Cc1cc(F)ccc1Br. The van der Waals surface area contributed by atoms with Gasteiger partial charge in [0.25, 0.3) is 0 Å². The molecule has 0 saturated carbocycles. The molecule has 1 nitrogen and oxygen atoms in total. The van der Waals surface area contributed by atoms with Gasteiger partial charge in [0.2, 0.25) is 0 Å². The maximum Gasteiger partial charge on any atom is 0.123 e. The fraction of sp³-hybridized carbons (Fsp3) is 0.200. The van der Waals surface area contributed by atoms with Crippen molar-refractivity contribution in [2.24, 2.45) is 0 Å². The molecule has 2 rings (SSSR count). The first-order valence-corrected chi connectivity index (χ1v) is 7.44. The lowest BCUT2D eigenvalue weighted by atomic mass is 9.98. The van der Waals surface area contributed by atoms with Gasteiger partial charge in [-0.3, -0.25) is 0 Å². The van der Waals surface area contributed by atoms with E-state index in [1.54, 1.807) is 6.07 Å². The lowest BCUT2D eigenvalue weighted by molar-refractivity contribution is 0.177. The van der Waals surface area contributed by atoms with Crippen LogP contribution in [0.2, 0.25) is 0 Å². The van der Waals surface area contributed by atoms with E-state index in [1.807, 2.05) is 25.1 Å². The van der Waals surface area contributed by atoms with Crippen molar-refractivity contribution in [1.82, 2.24) is 0 Å². The van der Waals surface area contributed by atoms with Crippen LogP contribution in [0.4, 0.5) is 4.39 Å². The monoisotopic (exact) mass is 386 g/mol. The average molecular weight is 388 g/mol. The fourth-order valence-electron chi connectivity index (χ4n) is 1.99. The predicted molar refractivity (Wildman–Crippen MR) is 81.6 cm³/mol. The molecule has 1 N–H and O–H groups in total. The van der Waals surface area contributed by atoms with E-state index in [0.29, 0.717) is 6.42 Å². The quantitative estimate of drug-likeness (QED) is 0.791. The molecule has 0 saturated heterocycles. The zero-order valence-corrected chi connectivity index (χ0v) is 13.5. The van der Waals surface area contributed by atoms with E-state index in [0.717, 1.165) is 25.6 Å². The van der Waals surface area contributed by atoms with Gasteiger partial charge in [-0.15, -0.1) is 0 Å². The van der Waals surface area contributed by atoms with Crippen molar-refractivity contribution in [2.75, 3.05) is 0 Å². The van der Waals surface area contributed by atoms with Crippen LogP contribution in [-0.4, -0.2) is 5.11 Å². The van der Waals surface area contributed by atoms with Crippen LogP contribution in [-0.2, 0) is 6.42 Å². The van der Waals surface area contributed by atoms with Crippen molar-refractivity contribution in [2.45, 2.75) is 19.4 Å². The van der Waals surface area contributed by atoms with Gasteiger partial charge < -0.3 is 5.11 Å². The van der Waals surface area contributed by atoms with Crippen LogP contribution < -0.4 is 0 Å². The third-order valence-electron chi connectivity index (χ3n) is 3.02. The van der Waals surface area contributed by atoms with E-state index in [4.69, 9.17) is 0 Å². The third-order valence-corrected chi connectivity index (χ3v) is 4.29. The van der Waals surface area contributed by atoms with Gasteiger partial charge in [-0.1, -0.05) is 37.9 Å². The second-order valence-corrected chi connectivity index (χ2v) is 6.23. The van der Waals surface area contributed by atoms with E-state index in [2.05, 4.69) is 31.9 Å². The third kappa shape index (κ3) is 3.65. The van der Waals surface area contributed by atoms with Crippen molar-refractivity contribution < 1.29 is 9.50 Å². The zero-order valence-electron chi connectivity index (χ0n) is 10.3. The number of halogens is 3. The number of aryl methyl sites for hydroxylation is 1. The van der Waals surface area contributed by atoms with Crippen molar-refractivity contribution in [3.8, 4) is 0 Å². The van der Waals surface area contributed by atoms with Crippen LogP contribution in [0.15, 0.2) is 45.3 Å². The number of aliphatic hydroxyl groups is 1. The summed E-state index contributed by atoms with van der Waals surface area (Å²) in [6, 6.07) is 10.3. The molecule has 0 aromatic heterocycles. The summed E-state index contributed by atoms with van der Waals surface area (Å²) in [6.07, 6.45) is -0.286. The van der Waals surface area contributed by atoms with Crippen LogP contribution >= 0.6 is 31.9 Å². The minimum atomic E-state index is -0.657. The van der Waals surface area contributed by atoms with E-state index in [1.165, 1.54) is 12.1 Å². The molecule has 0 amide bonds. The molecule has 19 heavy (non-hydrogen) atoms. The standard InChI is InChI=1S/C15H13Br2FO/c1-9-2-3-11(16)8-13(9)15(19)7-10-6-12(18)4-5-14(10)17/h2-6,8,15,19H,7H2,1H3. The van der Waals surface area contributed by atoms with Gasteiger partial charge in [0.1, 0.15) is 5.82 Å². The lowest BCUT2D eigenvalue weighted by Crippen LogP contribution is -2.05. The maximum atomic E-state index is 13.2. The molecule has 0 bridgehead atoms. The molecule has 0 heterocycles. The van der Waals surface area contributed by atoms with Gasteiger partial charge in [-0.2, -0.15) is 0 Å². The van der Waals surface area contributed by atoms with E-state index in [9.17, 15) is 9.50 Å². The normalized spacial score (nSPS) is 12.5. The van der Waals surface area contributed by atoms with Crippen LogP contribution in [0.1, 0.15) is 22.8 Å². The first kappa shape index (κ1) is 14.7. The Bertz CT molecular complexity index is 599. The number of aliphatic hydroxyl groups excluding tert-OH is 1. The van der Waals surface area contributed by atoms with Crippen LogP contribution in [0.5, 0.6) is 0 Å². The highest BCUT2D eigenvalue weighted by Crippen LogP contribution is 2.28. The number of benzene rings is 2. The van der Waals surface area contributed by atoms with Gasteiger partial charge in [-0.25, -0.2) is 4.39 Å². The second-order valence-electron chi connectivity index (χ2n) is 4.46. The summed E-state index contributed by atoms with van der Waals surface area (Å²) in [5.74, 6) is -0.295. The molecule has 0 fully saturated rings. The molecular weight excluding hydrogens is 375 g/mol. The van der Waals surface area contributed by atoms with E-state index >= 15 is 0 Å². The summed E-state index contributed by atoms with van der Waals surface area (Å²) in [5.41, 5.74) is 2.63. The largest absolute Gasteiger partial charge is 0.388 e. The predicted octanol–water partition coefficient (Wildman–Crippen LogP) is 4.94. The Morgan fingerprint density at radius 3 is 2.63 bits per heavy atom. The molecule has 1 atom stereocenters. The van der Waals surface area contributed by atoms with Crippen LogP contribution in [0.25, 0.3) is 0 Å². The lowest BCUT2D eigenvalue weighted by Gasteiger charge is -2.15. The molecular formula is C15H13Br2FO. The zero-order chi connectivity index (χ0) is 14.0. The maximum absolute atomic E-state index is 13.2. The van der Waals surface area contributed by atoms with Crippen LogP contribution in [0, 0.1) is 12.7 Å². The molecule has 1 unspecified atom stereocenters. The summed E-state index contributed by atoms with van der Waals surface area (Å²) < 4.78 is 15.0.